The van der Waals surface area contributed by atoms with E-state index in [4.69, 9.17) is 8.92 Å². The highest BCUT2D eigenvalue weighted by atomic mass is 32.2. The number of benzene rings is 1. The Labute approximate surface area is 168 Å². The zero-order valence-electron chi connectivity index (χ0n) is 16.8. The number of hydrogen-bond donors (Lipinski definition) is 0. The van der Waals surface area contributed by atoms with Crippen LogP contribution >= 0.6 is 0 Å². The van der Waals surface area contributed by atoms with Crippen molar-refractivity contribution in [1.82, 2.24) is 0 Å². The van der Waals surface area contributed by atoms with Gasteiger partial charge in [-0.1, -0.05) is 30.5 Å². The van der Waals surface area contributed by atoms with Gasteiger partial charge in [0.2, 0.25) is 0 Å². The normalized spacial score (nSPS) is 28.9. The molecule has 28 heavy (non-hydrogen) atoms. The average molecular weight is 413 g/mol. The highest BCUT2D eigenvalue weighted by Gasteiger charge is 2.27. The van der Waals surface area contributed by atoms with Crippen LogP contribution in [0.3, 0.4) is 0 Å². The quantitative estimate of drug-likeness (QED) is 0.435. The summed E-state index contributed by atoms with van der Waals surface area (Å²) in [5, 5.41) is 0. The maximum Gasteiger partial charge on any atom is 0.297 e. The van der Waals surface area contributed by atoms with Crippen LogP contribution in [0, 0.1) is 18.8 Å². The zero-order chi connectivity index (χ0) is 20.0. The Morgan fingerprint density at radius 3 is 2.36 bits per heavy atom. The van der Waals surface area contributed by atoms with Crippen molar-refractivity contribution in [3.63, 3.8) is 0 Å². The molecule has 0 saturated heterocycles. The lowest BCUT2D eigenvalue weighted by molar-refractivity contribution is 0.00181. The Kier molecular flexibility index (Phi) is 7.89. The summed E-state index contributed by atoms with van der Waals surface area (Å²) in [4.78, 5) is 0.178. The molecule has 0 amide bonds. The first-order valence-electron chi connectivity index (χ1n) is 10.6. The van der Waals surface area contributed by atoms with E-state index in [1.807, 2.05) is 6.92 Å². The molecule has 6 heteroatoms. The summed E-state index contributed by atoms with van der Waals surface area (Å²) >= 11 is 0. The van der Waals surface area contributed by atoms with Crippen LogP contribution in [-0.2, 0) is 19.0 Å². The van der Waals surface area contributed by atoms with Crippen LogP contribution < -0.4 is 0 Å². The van der Waals surface area contributed by atoms with Gasteiger partial charge in [-0.25, -0.2) is 4.39 Å². The molecule has 2 unspecified atom stereocenters. The van der Waals surface area contributed by atoms with Crippen molar-refractivity contribution in [2.45, 2.75) is 81.9 Å². The molecule has 0 heterocycles. The molecule has 1 aromatic rings. The Morgan fingerprint density at radius 2 is 1.68 bits per heavy atom. The Bertz CT molecular complexity index is 696. The molecule has 0 aliphatic heterocycles. The standard InChI is InChI=1S/C22H33FO4S/c1-17-5-11-22(12-6-17)28(24,25)27-14-13-26-21-9-7-18(8-10-21)15-19-3-2-4-20(23)16-19/h5-6,11-12,18-21H,2-4,7-10,13-16H2,1H3. The zero-order valence-corrected chi connectivity index (χ0v) is 17.6. The largest absolute Gasteiger partial charge is 0.376 e. The second-order valence-electron chi connectivity index (χ2n) is 8.47. The van der Waals surface area contributed by atoms with Crippen LogP contribution in [0.5, 0.6) is 0 Å². The van der Waals surface area contributed by atoms with Crippen LogP contribution in [0.2, 0.25) is 0 Å². The topological polar surface area (TPSA) is 52.6 Å². The third-order valence-electron chi connectivity index (χ3n) is 6.16. The fraction of sp³-hybridized carbons (Fsp3) is 0.727. The van der Waals surface area contributed by atoms with Crippen molar-refractivity contribution in [2.24, 2.45) is 11.8 Å². The molecule has 2 fully saturated rings. The summed E-state index contributed by atoms with van der Waals surface area (Å²) in [5.74, 6) is 1.25. The summed E-state index contributed by atoms with van der Waals surface area (Å²) in [6.07, 6.45) is 8.73. The van der Waals surface area contributed by atoms with Crippen molar-refractivity contribution in [3.8, 4) is 0 Å². The van der Waals surface area contributed by atoms with Crippen LogP contribution in [-0.4, -0.2) is 33.9 Å². The van der Waals surface area contributed by atoms with E-state index in [1.165, 1.54) is 6.42 Å². The lowest BCUT2D eigenvalue weighted by Gasteiger charge is -2.33. The molecule has 0 radical (unpaired) electrons. The van der Waals surface area contributed by atoms with Crippen LogP contribution in [0.1, 0.15) is 63.4 Å². The molecule has 2 aliphatic carbocycles. The third-order valence-corrected chi connectivity index (χ3v) is 7.49. The lowest BCUT2D eigenvalue weighted by Crippen LogP contribution is -2.26. The van der Waals surface area contributed by atoms with Gasteiger partial charge < -0.3 is 4.74 Å². The van der Waals surface area contributed by atoms with Gasteiger partial charge in [0.1, 0.15) is 6.17 Å². The van der Waals surface area contributed by atoms with E-state index in [9.17, 15) is 12.8 Å². The van der Waals surface area contributed by atoms with E-state index in [1.54, 1.807) is 24.3 Å². The SMILES string of the molecule is Cc1ccc(S(=O)(=O)OCCOC2CCC(CC3CCCC(F)C3)CC2)cc1. The highest BCUT2D eigenvalue weighted by Crippen LogP contribution is 2.36. The second-order valence-corrected chi connectivity index (χ2v) is 10.1. The van der Waals surface area contributed by atoms with E-state index in [2.05, 4.69) is 0 Å². The van der Waals surface area contributed by atoms with Gasteiger partial charge in [-0.3, -0.25) is 4.18 Å². The number of ether oxygens (including phenoxy) is 1. The van der Waals surface area contributed by atoms with E-state index in [-0.39, 0.29) is 24.2 Å². The number of hydrogen-bond acceptors (Lipinski definition) is 4. The summed E-state index contributed by atoms with van der Waals surface area (Å²) in [6, 6.07) is 6.63. The minimum absolute atomic E-state index is 0.0378. The molecule has 0 spiro atoms. The first kappa shape index (κ1) is 21.7. The summed E-state index contributed by atoms with van der Waals surface area (Å²) < 4.78 is 48.8. The molecule has 0 N–H and O–H groups in total. The Balaban J connectivity index is 1.31. The van der Waals surface area contributed by atoms with E-state index < -0.39 is 16.3 Å². The third kappa shape index (κ3) is 6.53. The minimum Gasteiger partial charge on any atom is -0.376 e. The van der Waals surface area contributed by atoms with Gasteiger partial charge in [0, 0.05) is 0 Å². The number of alkyl halides is 1. The monoisotopic (exact) mass is 412 g/mol. The van der Waals surface area contributed by atoms with E-state index in [0.717, 1.165) is 56.9 Å². The van der Waals surface area contributed by atoms with Crippen molar-refractivity contribution < 1.29 is 21.7 Å². The highest BCUT2D eigenvalue weighted by molar-refractivity contribution is 7.86. The minimum atomic E-state index is -3.72. The average Bonchev–Trinajstić information content (AvgIpc) is 2.67. The van der Waals surface area contributed by atoms with Gasteiger partial charge in [-0.15, -0.1) is 0 Å². The Hall–Kier alpha value is -0.980. The maximum atomic E-state index is 13.6. The number of rotatable bonds is 8. The number of aryl methyl sites for hydroxylation is 1. The predicted octanol–water partition coefficient (Wildman–Crippen LogP) is 5.19. The summed E-state index contributed by atoms with van der Waals surface area (Å²) in [6.45, 7) is 2.23. The molecular weight excluding hydrogens is 379 g/mol. The fourth-order valence-electron chi connectivity index (χ4n) is 4.58. The Morgan fingerprint density at radius 1 is 0.964 bits per heavy atom. The van der Waals surface area contributed by atoms with Crippen LogP contribution in [0.25, 0.3) is 0 Å². The predicted molar refractivity (Wildman–Crippen MR) is 107 cm³/mol. The first-order valence-corrected chi connectivity index (χ1v) is 12.0. The molecule has 0 bridgehead atoms. The van der Waals surface area contributed by atoms with Crippen molar-refractivity contribution in [1.29, 1.82) is 0 Å². The molecule has 2 atom stereocenters. The smallest absolute Gasteiger partial charge is 0.297 e. The van der Waals surface area contributed by atoms with Gasteiger partial charge in [-0.05, 0) is 75.8 Å². The van der Waals surface area contributed by atoms with E-state index in [0.29, 0.717) is 11.8 Å². The lowest BCUT2D eigenvalue weighted by atomic mass is 9.76. The van der Waals surface area contributed by atoms with Crippen molar-refractivity contribution in [3.05, 3.63) is 29.8 Å². The van der Waals surface area contributed by atoms with Gasteiger partial charge >= 0.3 is 0 Å². The molecular formula is C22H33FO4S. The first-order chi connectivity index (χ1) is 13.4. The molecule has 1 aromatic carbocycles. The maximum absolute atomic E-state index is 13.6. The van der Waals surface area contributed by atoms with Crippen molar-refractivity contribution >= 4 is 10.1 Å². The van der Waals surface area contributed by atoms with Gasteiger partial charge in [-0.2, -0.15) is 8.42 Å². The second kappa shape index (κ2) is 10.2. The molecule has 158 valence electrons. The fourth-order valence-corrected chi connectivity index (χ4v) is 5.47. The van der Waals surface area contributed by atoms with Crippen LogP contribution in [0.15, 0.2) is 29.2 Å². The van der Waals surface area contributed by atoms with Gasteiger partial charge in [0.05, 0.1) is 24.2 Å². The molecule has 0 aromatic heterocycles. The molecule has 2 aliphatic rings. The summed E-state index contributed by atoms with van der Waals surface area (Å²) in [7, 11) is -3.72. The summed E-state index contributed by atoms with van der Waals surface area (Å²) in [5.41, 5.74) is 1.01. The van der Waals surface area contributed by atoms with Crippen LogP contribution in [0.4, 0.5) is 4.39 Å². The van der Waals surface area contributed by atoms with E-state index >= 15 is 0 Å². The molecule has 2 saturated carbocycles. The molecule has 4 nitrogen and oxygen atoms in total. The molecule has 3 rings (SSSR count). The van der Waals surface area contributed by atoms with Crippen molar-refractivity contribution in [2.75, 3.05) is 13.2 Å². The van der Waals surface area contributed by atoms with Gasteiger partial charge in [0.25, 0.3) is 10.1 Å². The number of halogens is 1. The van der Waals surface area contributed by atoms with Gasteiger partial charge in [0.15, 0.2) is 0 Å².